The zero-order valence-corrected chi connectivity index (χ0v) is 18.4. The number of nitrogens with zero attached hydrogens (tertiary/aromatic N) is 3. The van der Waals surface area contributed by atoms with Crippen molar-refractivity contribution in [2.45, 2.75) is 45.2 Å². The molecule has 1 unspecified atom stereocenters. The van der Waals surface area contributed by atoms with Gasteiger partial charge in [0.15, 0.2) is 0 Å². The quantitative estimate of drug-likeness (QED) is 0.741. The maximum Gasteiger partial charge on any atom is 0.230 e. The van der Waals surface area contributed by atoms with Crippen LogP contribution < -0.4 is 4.74 Å². The lowest BCUT2D eigenvalue weighted by Crippen LogP contribution is -2.36. The van der Waals surface area contributed by atoms with E-state index in [9.17, 15) is 4.79 Å². The number of rotatable bonds is 4. The van der Waals surface area contributed by atoms with Gasteiger partial charge in [-0.25, -0.2) is 0 Å². The average Bonchev–Trinajstić information content (AvgIpc) is 3.36. The second kappa shape index (κ2) is 7.24. The van der Waals surface area contributed by atoms with Gasteiger partial charge in [-0.1, -0.05) is 31.5 Å². The molecule has 0 radical (unpaired) electrons. The Bertz CT molecular complexity index is 978. The van der Waals surface area contributed by atoms with Crippen molar-refractivity contribution in [3.8, 4) is 5.75 Å². The molecule has 1 aromatic heterocycles. The number of ether oxygens (including phenoxy) is 1. The summed E-state index contributed by atoms with van der Waals surface area (Å²) in [7, 11) is 0. The summed E-state index contributed by atoms with van der Waals surface area (Å²) < 4.78 is 6.06. The van der Waals surface area contributed by atoms with Crippen LogP contribution in [0.1, 0.15) is 43.5 Å². The number of hydrogen-bond acceptors (Lipinski definition) is 4. The van der Waals surface area contributed by atoms with Gasteiger partial charge in [0.2, 0.25) is 5.91 Å². The van der Waals surface area contributed by atoms with Gasteiger partial charge in [0.1, 0.15) is 5.75 Å². The van der Waals surface area contributed by atoms with E-state index < -0.39 is 0 Å². The smallest absolute Gasteiger partial charge is 0.230 e. The Labute approximate surface area is 183 Å². The topological polar surface area (TPSA) is 45.7 Å². The molecule has 30 heavy (non-hydrogen) atoms. The van der Waals surface area contributed by atoms with Crippen LogP contribution in [0.25, 0.3) is 0 Å². The fraction of sp³-hybridized carbons (Fsp3) is 0.500. The molecule has 3 aliphatic rings. The number of benzene rings is 1. The van der Waals surface area contributed by atoms with Gasteiger partial charge < -0.3 is 9.64 Å². The van der Waals surface area contributed by atoms with Crippen molar-refractivity contribution >= 4 is 17.5 Å². The molecule has 0 saturated carbocycles. The number of halogens is 1. The molecule has 2 fully saturated rings. The Morgan fingerprint density at radius 2 is 2.00 bits per heavy atom. The largest absolute Gasteiger partial charge is 0.492 e. The lowest BCUT2D eigenvalue weighted by Gasteiger charge is -2.24. The maximum atomic E-state index is 13.3. The molecule has 3 aliphatic heterocycles. The number of pyridine rings is 1. The van der Waals surface area contributed by atoms with Gasteiger partial charge in [-0.2, -0.15) is 0 Å². The third-order valence-electron chi connectivity index (χ3n) is 6.94. The molecule has 4 heterocycles. The first-order chi connectivity index (χ1) is 14.4. The van der Waals surface area contributed by atoms with E-state index >= 15 is 0 Å². The van der Waals surface area contributed by atoms with Crippen LogP contribution in [-0.4, -0.2) is 46.9 Å². The van der Waals surface area contributed by atoms with Crippen molar-refractivity contribution < 1.29 is 9.53 Å². The molecule has 2 aromatic rings. The van der Waals surface area contributed by atoms with E-state index in [4.69, 9.17) is 16.3 Å². The normalized spacial score (nSPS) is 25.2. The lowest BCUT2D eigenvalue weighted by molar-refractivity contribution is -0.136. The van der Waals surface area contributed by atoms with Gasteiger partial charge in [-0.05, 0) is 43.7 Å². The SMILES string of the molecule is CC1(C)COc2c(CN3CCC4(CCN(Cc5ccccn5)C4=O)C3)cc(Cl)cc21. The zero-order chi connectivity index (χ0) is 20.9. The van der Waals surface area contributed by atoms with Crippen LogP contribution in [0, 0.1) is 5.41 Å². The first kappa shape index (κ1) is 19.8. The van der Waals surface area contributed by atoms with Gasteiger partial charge in [-0.3, -0.25) is 14.7 Å². The maximum absolute atomic E-state index is 13.3. The van der Waals surface area contributed by atoms with E-state index in [1.54, 1.807) is 6.20 Å². The molecular weight excluding hydrogens is 398 g/mol. The predicted molar refractivity (Wildman–Crippen MR) is 117 cm³/mol. The van der Waals surface area contributed by atoms with E-state index in [0.717, 1.165) is 61.1 Å². The first-order valence-electron chi connectivity index (χ1n) is 10.7. The van der Waals surface area contributed by atoms with E-state index in [1.165, 1.54) is 5.56 Å². The van der Waals surface area contributed by atoms with Crippen molar-refractivity contribution in [2.75, 3.05) is 26.2 Å². The minimum absolute atomic E-state index is 0.0192. The Kier molecular flexibility index (Phi) is 4.79. The highest BCUT2D eigenvalue weighted by atomic mass is 35.5. The summed E-state index contributed by atoms with van der Waals surface area (Å²) in [5, 5.41) is 0.759. The molecule has 1 spiro atoms. The molecule has 1 aromatic carbocycles. The van der Waals surface area contributed by atoms with Crippen molar-refractivity contribution in [1.29, 1.82) is 0 Å². The zero-order valence-electron chi connectivity index (χ0n) is 17.7. The molecule has 5 rings (SSSR count). The summed E-state index contributed by atoms with van der Waals surface area (Å²) in [6.07, 6.45) is 3.63. The standard InChI is InChI=1S/C24H28ClN3O2/c1-23(2)16-30-21-17(11-18(25)12-20(21)23)13-27-9-6-24(15-27)7-10-28(22(24)29)14-19-5-3-4-8-26-19/h3-5,8,11-12H,6-7,9-10,13-16H2,1-2H3. The minimum atomic E-state index is -0.253. The van der Waals surface area contributed by atoms with Gasteiger partial charge in [-0.15, -0.1) is 0 Å². The number of amides is 1. The monoisotopic (exact) mass is 425 g/mol. The summed E-state index contributed by atoms with van der Waals surface area (Å²) >= 11 is 6.44. The lowest BCUT2D eigenvalue weighted by atomic mass is 9.85. The minimum Gasteiger partial charge on any atom is -0.492 e. The molecule has 6 heteroatoms. The molecule has 0 N–H and O–H groups in total. The van der Waals surface area contributed by atoms with Crippen LogP contribution in [-0.2, 0) is 23.3 Å². The van der Waals surface area contributed by atoms with Crippen LogP contribution in [0.5, 0.6) is 5.75 Å². The number of aromatic nitrogens is 1. The van der Waals surface area contributed by atoms with Crippen LogP contribution in [0.4, 0.5) is 0 Å². The van der Waals surface area contributed by atoms with Crippen molar-refractivity contribution in [3.63, 3.8) is 0 Å². The number of carbonyl (C=O) groups is 1. The fourth-order valence-electron chi connectivity index (χ4n) is 5.21. The van der Waals surface area contributed by atoms with Gasteiger partial charge in [0.25, 0.3) is 0 Å². The fourth-order valence-corrected chi connectivity index (χ4v) is 5.46. The Balaban J connectivity index is 1.30. The highest BCUT2D eigenvalue weighted by Crippen LogP contribution is 2.45. The number of fused-ring (bicyclic) bond motifs is 1. The molecule has 2 saturated heterocycles. The van der Waals surface area contributed by atoms with Gasteiger partial charge >= 0.3 is 0 Å². The number of likely N-dealkylation sites (tertiary alicyclic amines) is 2. The third-order valence-corrected chi connectivity index (χ3v) is 7.16. The molecule has 158 valence electrons. The second-order valence-corrected chi connectivity index (χ2v) is 10.1. The van der Waals surface area contributed by atoms with Gasteiger partial charge in [0.05, 0.1) is 24.3 Å². The highest BCUT2D eigenvalue weighted by Gasteiger charge is 2.50. The summed E-state index contributed by atoms with van der Waals surface area (Å²) in [5.74, 6) is 1.27. The van der Waals surface area contributed by atoms with Crippen molar-refractivity contribution in [2.24, 2.45) is 5.41 Å². The molecule has 1 amide bonds. The highest BCUT2D eigenvalue weighted by molar-refractivity contribution is 6.30. The summed E-state index contributed by atoms with van der Waals surface area (Å²) in [6, 6.07) is 9.93. The van der Waals surface area contributed by atoms with Crippen molar-refractivity contribution in [3.05, 3.63) is 58.4 Å². The molecule has 0 aliphatic carbocycles. The van der Waals surface area contributed by atoms with Crippen LogP contribution in [0.2, 0.25) is 5.02 Å². The van der Waals surface area contributed by atoms with E-state index in [1.807, 2.05) is 35.2 Å². The molecule has 0 bridgehead atoms. The van der Waals surface area contributed by atoms with Crippen LogP contribution >= 0.6 is 11.6 Å². The Morgan fingerprint density at radius 1 is 1.17 bits per heavy atom. The van der Waals surface area contributed by atoms with Gasteiger partial charge in [0, 0.05) is 47.4 Å². The molecule has 5 nitrogen and oxygen atoms in total. The number of hydrogen-bond donors (Lipinski definition) is 0. The summed E-state index contributed by atoms with van der Waals surface area (Å²) in [4.78, 5) is 22.0. The second-order valence-electron chi connectivity index (χ2n) is 9.65. The Hall–Kier alpha value is -2.11. The van der Waals surface area contributed by atoms with E-state index in [0.29, 0.717) is 13.2 Å². The average molecular weight is 426 g/mol. The van der Waals surface area contributed by atoms with E-state index in [-0.39, 0.29) is 16.7 Å². The molecule has 1 atom stereocenters. The summed E-state index contributed by atoms with van der Waals surface area (Å²) in [5.41, 5.74) is 3.01. The Morgan fingerprint density at radius 3 is 2.80 bits per heavy atom. The number of carbonyl (C=O) groups excluding carboxylic acids is 1. The third kappa shape index (κ3) is 3.38. The van der Waals surface area contributed by atoms with E-state index in [2.05, 4.69) is 23.7 Å². The predicted octanol–water partition coefficient (Wildman–Crippen LogP) is 4.03. The summed E-state index contributed by atoms with van der Waals surface area (Å²) in [6.45, 7) is 8.98. The first-order valence-corrected chi connectivity index (χ1v) is 11.1. The van der Waals surface area contributed by atoms with Crippen molar-refractivity contribution in [1.82, 2.24) is 14.8 Å². The van der Waals surface area contributed by atoms with Crippen LogP contribution in [0.15, 0.2) is 36.5 Å². The molecular formula is C24H28ClN3O2. The van der Waals surface area contributed by atoms with Crippen LogP contribution in [0.3, 0.4) is 0 Å².